The van der Waals surface area contributed by atoms with Crippen molar-refractivity contribution in [1.82, 2.24) is 4.72 Å². The number of hydrogen-bond donors (Lipinski definition) is 2. The molecule has 1 aromatic rings. The van der Waals surface area contributed by atoms with Gasteiger partial charge in [0.05, 0.1) is 9.82 Å². The zero-order valence-electron chi connectivity index (χ0n) is 12.0. The molecule has 0 spiro atoms. The summed E-state index contributed by atoms with van der Waals surface area (Å²) in [5.74, 6) is 0. The van der Waals surface area contributed by atoms with Gasteiger partial charge in [-0.05, 0) is 36.8 Å². The summed E-state index contributed by atoms with van der Waals surface area (Å²) in [6, 6.07) is 3.33. The molecule has 7 nitrogen and oxygen atoms in total. The topological polar surface area (TPSA) is 115 Å². The second kappa shape index (κ2) is 5.27. The SMILES string of the molecule is CC1(C)CCC(NS(=O)(=O)c2ccc([N+](=O)[O-])c(N)c2)C1. The van der Waals surface area contributed by atoms with Crippen LogP contribution < -0.4 is 10.5 Å². The molecule has 116 valence electrons. The first-order chi connectivity index (χ1) is 9.61. The highest BCUT2D eigenvalue weighted by Gasteiger charge is 2.33. The zero-order valence-corrected chi connectivity index (χ0v) is 12.8. The van der Waals surface area contributed by atoms with E-state index in [0.717, 1.165) is 31.4 Å². The first kappa shape index (κ1) is 15.7. The average Bonchev–Trinajstić information content (AvgIpc) is 2.67. The van der Waals surface area contributed by atoms with E-state index in [1.807, 2.05) is 0 Å². The number of hydrogen-bond acceptors (Lipinski definition) is 5. The van der Waals surface area contributed by atoms with Crippen molar-refractivity contribution < 1.29 is 13.3 Å². The first-order valence-electron chi connectivity index (χ1n) is 6.67. The van der Waals surface area contributed by atoms with Crippen LogP contribution in [0.5, 0.6) is 0 Å². The second-order valence-corrected chi connectivity index (χ2v) is 7.92. The molecule has 8 heteroatoms. The smallest absolute Gasteiger partial charge is 0.292 e. The Kier molecular flexibility index (Phi) is 3.94. The third kappa shape index (κ3) is 3.51. The lowest BCUT2D eigenvalue weighted by molar-refractivity contribution is -0.383. The van der Waals surface area contributed by atoms with Crippen LogP contribution in [0.2, 0.25) is 0 Å². The summed E-state index contributed by atoms with van der Waals surface area (Å²) < 4.78 is 27.2. The Balaban J connectivity index is 2.20. The van der Waals surface area contributed by atoms with Crippen molar-refractivity contribution in [3.63, 3.8) is 0 Å². The van der Waals surface area contributed by atoms with E-state index in [4.69, 9.17) is 5.73 Å². The van der Waals surface area contributed by atoms with Crippen molar-refractivity contribution in [1.29, 1.82) is 0 Å². The van der Waals surface area contributed by atoms with Gasteiger partial charge in [-0.15, -0.1) is 0 Å². The number of nitro benzene ring substituents is 1. The maximum atomic E-state index is 12.3. The molecule has 1 saturated carbocycles. The molecule has 1 unspecified atom stereocenters. The van der Waals surface area contributed by atoms with Gasteiger partial charge in [0.25, 0.3) is 5.69 Å². The van der Waals surface area contributed by atoms with Crippen LogP contribution in [-0.2, 0) is 10.0 Å². The normalized spacial score (nSPS) is 21.3. The summed E-state index contributed by atoms with van der Waals surface area (Å²) >= 11 is 0. The number of nitrogens with two attached hydrogens (primary N) is 1. The maximum absolute atomic E-state index is 12.3. The minimum absolute atomic E-state index is 0.0460. The van der Waals surface area contributed by atoms with E-state index in [-0.39, 0.29) is 27.7 Å². The van der Waals surface area contributed by atoms with E-state index in [9.17, 15) is 18.5 Å². The summed E-state index contributed by atoms with van der Waals surface area (Å²) in [5.41, 5.74) is 5.21. The Bertz CT molecular complexity index is 670. The molecule has 1 aromatic carbocycles. The van der Waals surface area contributed by atoms with Crippen LogP contribution in [0.4, 0.5) is 11.4 Å². The van der Waals surface area contributed by atoms with Crippen LogP contribution in [0.15, 0.2) is 23.1 Å². The van der Waals surface area contributed by atoms with Gasteiger partial charge in [0.2, 0.25) is 10.0 Å². The Hall–Kier alpha value is -1.67. The van der Waals surface area contributed by atoms with Crippen LogP contribution in [-0.4, -0.2) is 19.4 Å². The summed E-state index contributed by atoms with van der Waals surface area (Å²) in [6.07, 6.45) is 2.52. The Morgan fingerprint density at radius 2 is 2.10 bits per heavy atom. The Morgan fingerprint density at radius 3 is 2.57 bits per heavy atom. The lowest BCUT2D eigenvalue weighted by Gasteiger charge is -2.18. The van der Waals surface area contributed by atoms with Crippen molar-refractivity contribution in [2.45, 2.75) is 44.0 Å². The van der Waals surface area contributed by atoms with Crippen LogP contribution in [0.3, 0.4) is 0 Å². The number of nitrogens with one attached hydrogen (secondary N) is 1. The molecule has 3 N–H and O–H groups in total. The molecule has 0 bridgehead atoms. The molecular formula is C13H19N3O4S. The number of benzene rings is 1. The Morgan fingerprint density at radius 1 is 1.43 bits per heavy atom. The van der Waals surface area contributed by atoms with E-state index in [0.29, 0.717) is 0 Å². The van der Waals surface area contributed by atoms with Crippen LogP contribution in [0.25, 0.3) is 0 Å². The number of sulfonamides is 1. The predicted molar refractivity (Wildman–Crippen MR) is 79.3 cm³/mol. The first-order valence-corrected chi connectivity index (χ1v) is 8.15. The van der Waals surface area contributed by atoms with Crippen molar-refractivity contribution in [3.8, 4) is 0 Å². The van der Waals surface area contributed by atoms with Gasteiger partial charge in [-0.3, -0.25) is 10.1 Å². The lowest BCUT2D eigenvalue weighted by atomic mass is 9.92. The van der Waals surface area contributed by atoms with Gasteiger partial charge >= 0.3 is 0 Å². The standard InChI is InChI=1S/C13H19N3O4S/c1-13(2)6-5-9(8-13)15-21(19,20)10-3-4-12(16(17)18)11(14)7-10/h3-4,7,9,15H,5-6,8,14H2,1-2H3. The molecule has 1 aliphatic carbocycles. The van der Waals surface area contributed by atoms with Crippen LogP contribution >= 0.6 is 0 Å². The molecule has 0 amide bonds. The van der Waals surface area contributed by atoms with E-state index < -0.39 is 14.9 Å². The minimum atomic E-state index is -3.71. The molecule has 0 aliphatic heterocycles. The Labute approximate surface area is 123 Å². The fourth-order valence-electron chi connectivity index (χ4n) is 2.69. The third-order valence-electron chi connectivity index (χ3n) is 3.80. The molecule has 2 rings (SSSR count). The summed E-state index contributed by atoms with van der Waals surface area (Å²) in [5, 5.41) is 10.7. The molecule has 0 radical (unpaired) electrons. The zero-order chi connectivity index (χ0) is 15.8. The molecule has 0 saturated heterocycles. The predicted octanol–water partition coefficient (Wildman–Crippen LogP) is 2.03. The summed E-state index contributed by atoms with van der Waals surface area (Å²) in [6.45, 7) is 4.20. The van der Waals surface area contributed by atoms with Crippen molar-refractivity contribution in [2.24, 2.45) is 5.41 Å². The fraction of sp³-hybridized carbons (Fsp3) is 0.538. The highest BCUT2D eigenvalue weighted by atomic mass is 32.2. The van der Waals surface area contributed by atoms with E-state index in [2.05, 4.69) is 18.6 Å². The number of nitrogen functional groups attached to an aromatic ring is 1. The van der Waals surface area contributed by atoms with Crippen LogP contribution in [0.1, 0.15) is 33.1 Å². The van der Waals surface area contributed by atoms with Gasteiger partial charge in [-0.25, -0.2) is 13.1 Å². The molecule has 1 aliphatic rings. The minimum Gasteiger partial charge on any atom is -0.393 e. The van der Waals surface area contributed by atoms with E-state index in [1.54, 1.807) is 0 Å². The van der Waals surface area contributed by atoms with Gasteiger partial charge in [-0.2, -0.15) is 0 Å². The lowest BCUT2D eigenvalue weighted by Crippen LogP contribution is -2.33. The quantitative estimate of drug-likeness (QED) is 0.501. The maximum Gasteiger partial charge on any atom is 0.292 e. The van der Waals surface area contributed by atoms with Crippen molar-refractivity contribution in [2.75, 3.05) is 5.73 Å². The third-order valence-corrected chi connectivity index (χ3v) is 5.31. The number of anilines is 1. The number of nitro groups is 1. The number of nitrogens with zero attached hydrogens (tertiary/aromatic N) is 1. The van der Waals surface area contributed by atoms with E-state index >= 15 is 0 Å². The second-order valence-electron chi connectivity index (χ2n) is 6.20. The fourth-order valence-corrected chi connectivity index (χ4v) is 4.00. The van der Waals surface area contributed by atoms with Crippen molar-refractivity contribution in [3.05, 3.63) is 28.3 Å². The van der Waals surface area contributed by atoms with Gasteiger partial charge < -0.3 is 5.73 Å². The highest BCUT2D eigenvalue weighted by molar-refractivity contribution is 7.89. The molecule has 0 aromatic heterocycles. The summed E-state index contributed by atoms with van der Waals surface area (Å²) in [4.78, 5) is 10.0. The molecule has 0 heterocycles. The van der Waals surface area contributed by atoms with Crippen LogP contribution in [0, 0.1) is 15.5 Å². The molecule has 1 atom stereocenters. The average molecular weight is 313 g/mol. The van der Waals surface area contributed by atoms with Crippen molar-refractivity contribution >= 4 is 21.4 Å². The van der Waals surface area contributed by atoms with Gasteiger partial charge in [-0.1, -0.05) is 13.8 Å². The summed E-state index contributed by atoms with van der Waals surface area (Å²) in [7, 11) is -3.71. The monoisotopic (exact) mass is 313 g/mol. The molecule has 21 heavy (non-hydrogen) atoms. The largest absolute Gasteiger partial charge is 0.393 e. The molecular weight excluding hydrogens is 294 g/mol. The van der Waals surface area contributed by atoms with Gasteiger partial charge in [0.1, 0.15) is 5.69 Å². The molecule has 1 fully saturated rings. The highest BCUT2D eigenvalue weighted by Crippen LogP contribution is 2.37. The van der Waals surface area contributed by atoms with Gasteiger partial charge in [0.15, 0.2) is 0 Å². The number of rotatable bonds is 4. The van der Waals surface area contributed by atoms with Gasteiger partial charge in [0, 0.05) is 12.1 Å². The van der Waals surface area contributed by atoms with E-state index in [1.165, 1.54) is 6.07 Å².